The van der Waals surface area contributed by atoms with Crippen LogP contribution in [0.3, 0.4) is 0 Å². The Hall–Kier alpha value is -3.80. The number of aromatic nitrogens is 2. The minimum atomic E-state index is -4.64. The van der Waals surface area contributed by atoms with Crippen molar-refractivity contribution in [3.05, 3.63) is 65.9 Å². The standard InChI is InChI=1S/C19H14F3N5O/c1-28-16-5-3-2-4-15(16)26-17-14(19(20,21)22)11-24-18(27-17)25-13-8-6-12(10-23)7-9-13/h2-9,11H,1H3,(H2,24,25,26,27). The van der Waals surface area contributed by atoms with Gasteiger partial charge in [0.15, 0.2) is 0 Å². The van der Waals surface area contributed by atoms with E-state index < -0.39 is 17.6 Å². The van der Waals surface area contributed by atoms with E-state index in [1.165, 1.54) is 7.11 Å². The summed E-state index contributed by atoms with van der Waals surface area (Å²) in [5.41, 5.74) is 0.307. The first-order chi connectivity index (χ1) is 13.4. The molecule has 28 heavy (non-hydrogen) atoms. The summed E-state index contributed by atoms with van der Waals surface area (Å²) in [6, 6.07) is 14.9. The average molecular weight is 385 g/mol. The third-order valence-electron chi connectivity index (χ3n) is 3.72. The highest BCUT2D eigenvalue weighted by molar-refractivity contribution is 5.67. The van der Waals surface area contributed by atoms with E-state index in [0.29, 0.717) is 28.9 Å². The highest BCUT2D eigenvalue weighted by atomic mass is 19.4. The van der Waals surface area contributed by atoms with Gasteiger partial charge in [0.1, 0.15) is 17.1 Å². The van der Waals surface area contributed by atoms with E-state index in [2.05, 4.69) is 20.6 Å². The van der Waals surface area contributed by atoms with Crippen molar-refractivity contribution in [2.45, 2.75) is 6.18 Å². The number of rotatable bonds is 5. The molecule has 6 nitrogen and oxygen atoms in total. The quantitative estimate of drug-likeness (QED) is 0.652. The van der Waals surface area contributed by atoms with E-state index in [1.54, 1.807) is 48.5 Å². The molecule has 3 aromatic rings. The number of nitriles is 1. The first-order valence-electron chi connectivity index (χ1n) is 8.02. The summed E-state index contributed by atoms with van der Waals surface area (Å²) < 4.78 is 45.3. The van der Waals surface area contributed by atoms with Crippen LogP contribution >= 0.6 is 0 Å². The van der Waals surface area contributed by atoms with Crippen molar-refractivity contribution >= 4 is 23.1 Å². The predicted octanol–water partition coefficient (Wildman–Crippen LogP) is 4.86. The lowest BCUT2D eigenvalue weighted by atomic mass is 10.2. The van der Waals surface area contributed by atoms with Crippen LogP contribution < -0.4 is 15.4 Å². The lowest BCUT2D eigenvalue weighted by Gasteiger charge is -2.16. The second-order valence-electron chi connectivity index (χ2n) is 5.59. The van der Waals surface area contributed by atoms with Crippen molar-refractivity contribution in [1.29, 1.82) is 5.26 Å². The fourth-order valence-electron chi connectivity index (χ4n) is 2.38. The van der Waals surface area contributed by atoms with Gasteiger partial charge in [0, 0.05) is 11.9 Å². The van der Waals surface area contributed by atoms with Crippen LogP contribution in [-0.4, -0.2) is 17.1 Å². The summed E-state index contributed by atoms with van der Waals surface area (Å²) in [6.45, 7) is 0. The molecule has 0 atom stereocenters. The van der Waals surface area contributed by atoms with Crippen LogP contribution in [0.15, 0.2) is 54.7 Å². The number of ether oxygens (including phenoxy) is 1. The molecule has 0 aliphatic rings. The average Bonchev–Trinajstić information content (AvgIpc) is 2.68. The van der Waals surface area contributed by atoms with Gasteiger partial charge in [-0.3, -0.25) is 0 Å². The third kappa shape index (κ3) is 4.29. The second-order valence-corrected chi connectivity index (χ2v) is 5.59. The molecule has 3 rings (SSSR count). The van der Waals surface area contributed by atoms with Crippen molar-refractivity contribution < 1.29 is 17.9 Å². The number of alkyl halides is 3. The Morgan fingerprint density at radius 1 is 1.04 bits per heavy atom. The Morgan fingerprint density at radius 3 is 2.39 bits per heavy atom. The van der Waals surface area contributed by atoms with Gasteiger partial charge in [-0.05, 0) is 36.4 Å². The Kier molecular flexibility index (Phi) is 5.31. The lowest BCUT2D eigenvalue weighted by molar-refractivity contribution is -0.137. The molecule has 0 amide bonds. The van der Waals surface area contributed by atoms with Gasteiger partial charge >= 0.3 is 6.18 Å². The molecule has 142 valence electrons. The predicted molar refractivity (Wildman–Crippen MR) is 97.8 cm³/mol. The Balaban J connectivity index is 1.96. The number of nitrogens with zero attached hydrogens (tertiary/aromatic N) is 3. The molecule has 9 heteroatoms. The smallest absolute Gasteiger partial charge is 0.421 e. The maximum absolute atomic E-state index is 13.4. The second kappa shape index (κ2) is 7.84. The Morgan fingerprint density at radius 2 is 1.75 bits per heavy atom. The van der Waals surface area contributed by atoms with Gasteiger partial charge in [-0.2, -0.15) is 23.4 Å². The summed E-state index contributed by atoms with van der Waals surface area (Å²) in [7, 11) is 1.42. The highest BCUT2D eigenvalue weighted by Crippen LogP contribution is 2.36. The number of anilines is 4. The van der Waals surface area contributed by atoms with Gasteiger partial charge in [-0.15, -0.1) is 0 Å². The zero-order valence-corrected chi connectivity index (χ0v) is 14.6. The number of benzene rings is 2. The Bertz CT molecular complexity index is 1010. The molecule has 2 aromatic carbocycles. The van der Waals surface area contributed by atoms with Gasteiger partial charge < -0.3 is 15.4 Å². The molecule has 0 bridgehead atoms. The van der Waals surface area contributed by atoms with Gasteiger partial charge in [0.2, 0.25) is 5.95 Å². The first-order valence-corrected chi connectivity index (χ1v) is 8.02. The van der Waals surface area contributed by atoms with Crippen LogP contribution in [0.5, 0.6) is 5.75 Å². The van der Waals surface area contributed by atoms with Gasteiger partial charge in [-0.25, -0.2) is 4.98 Å². The van der Waals surface area contributed by atoms with Crippen molar-refractivity contribution in [2.75, 3.05) is 17.7 Å². The van der Waals surface area contributed by atoms with Crippen LogP contribution in [-0.2, 0) is 6.18 Å². The van der Waals surface area contributed by atoms with Crippen molar-refractivity contribution in [3.63, 3.8) is 0 Å². The topological polar surface area (TPSA) is 82.9 Å². The van der Waals surface area contributed by atoms with Crippen LogP contribution in [0.4, 0.5) is 36.3 Å². The lowest BCUT2D eigenvalue weighted by Crippen LogP contribution is -2.13. The number of halogens is 3. The molecule has 2 N–H and O–H groups in total. The van der Waals surface area contributed by atoms with Crippen LogP contribution in [0, 0.1) is 11.3 Å². The van der Waals surface area contributed by atoms with E-state index >= 15 is 0 Å². The number of nitrogens with one attached hydrogen (secondary N) is 2. The minimum Gasteiger partial charge on any atom is -0.495 e. The van der Waals surface area contributed by atoms with Crippen molar-refractivity contribution in [1.82, 2.24) is 9.97 Å². The molecule has 0 aliphatic carbocycles. The van der Waals surface area contributed by atoms with Crippen molar-refractivity contribution in [3.8, 4) is 11.8 Å². The molecule has 0 radical (unpaired) electrons. The highest BCUT2D eigenvalue weighted by Gasteiger charge is 2.35. The molecule has 0 spiro atoms. The van der Waals surface area contributed by atoms with E-state index in [9.17, 15) is 13.2 Å². The molecule has 0 fully saturated rings. The molecule has 0 aliphatic heterocycles. The number of hydrogen-bond acceptors (Lipinski definition) is 6. The maximum atomic E-state index is 13.4. The monoisotopic (exact) mass is 385 g/mol. The number of hydrogen-bond donors (Lipinski definition) is 2. The molecule has 0 saturated carbocycles. The summed E-state index contributed by atoms with van der Waals surface area (Å²) in [4.78, 5) is 7.72. The molecular weight excluding hydrogens is 371 g/mol. The number of methoxy groups -OCH3 is 1. The van der Waals surface area contributed by atoms with Crippen LogP contribution in [0.25, 0.3) is 0 Å². The van der Waals surface area contributed by atoms with Crippen LogP contribution in [0.2, 0.25) is 0 Å². The van der Waals surface area contributed by atoms with Gasteiger partial charge in [0.05, 0.1) is 24.4 Å². The number of para-hydroxylation sites is 2. The molecular formula is C19H14F3N5O. The largest absolute Gasteiger partial charge is 0.495 e. The first kappa shape index (κ1) is 19.0. The molecule has 1 aromatic heterocycles. The SMILES string of the molecule is COc1ccccc1Nc1nc(Nc2ccc(C#N)cc2)ncc1C(F)(F)F. The van der Waals surface area contributed by atoms with E-state index in [-0.39, 0.29) is 5.95 Å². The van der Waals surface area contributed by atoms with E-state index in [4.69, 9.17) is 10.00 Å². The summed E-state index contributed by atoms with van der Waals surface area (Å²) in [6.07, 6.45) is -3.94. The fourth-order valence-corrected chi connectivity index (χ4v) is 2.38. The van der Waals surface area contributed by atoms with E-state index in [1.807, 2.05) is 6.07 Å². The van der Waals surface area contributed by atoms with Crippen molar-refractivity contribution in [2.24, 2.45) is 0 Å². The zero-order valence-electron chi connectivity index (χ0n) is 14.6. The Labute approximate surface area is 158 Å². The van der Waals surface area contributed by atoms with Crippen LogP contribution in [0.1, 0.15) is 11.1 Å². The summed E-state index contributed by atoms with van der Waals surface area (Å²) >= 11 is 0. The fraction of sp³-hybridized carbons (Fsp3) is 0.105. The molecule has 1 heterocycles. The third-order valence-corrected chi connectivity index (χ3v) is 3.72. The normalized spacial score (nSPS) is 10.8. The minimum absolute atomic E-state index is 0.0323. The summed E-state index contributed by atoms with van der Waals surface area (Å²) in [5.74, 6) is -0.0749. The van der Waals surface area contributed by atoms with E-state index in [0.717, 1.165) is 0 Å². The molecule has 0 unspecified atom stereocenters. The zero-order chi connectivity index (χ0) is 20.1. The maximum Gasteiger partial charge on any atom is 0.421 e. The summed E-state index contributed by atoms with van der Waals surface area (Å²) in [5, 5.41) is 14.3. The molecule has 0 saturated heterocycles. The van der Waals surface area contributed by atoms with Gasteiger partial charge in [0.25, 0.3) is 0 Å². The van der Waals surface area contributed by atoms with Gasteiger partial charge in [-0.1, -0.05) is 12.1 Å².